The highest BCUT2D eigenvalue weighted by molar-refractivity contribution is 5.87. The molecule has 0 aromatic carbocycles. The van der Waals surface area contributed by atoms with Crippen molar-refractivity contribution >= 4 is 5.97 Å². The fourth-order valence-electron chi connectivity index (χ4n) is 5.57. The molecule has 0 heterocycles. The van der Waals surface area contributed by atoms with Gasteiger partial charge in [-0.25, -0.2) is 4.79 Å². The molecule has 0 radical (unpaired) electrons. The van der Waals surface area contributed by atoms with E-state index in [1.807, 2.05) is 7.11 Å². The third kappa shape index (κ3) is 3.85. The smallest absolute Gasteiger partial charge is 0.333 e. The third-order valence-electron chi connectivity index (χ3n) is 6.73. The monoisotopic (exact) mass is 338 g/mol. The van der Waals surface area contributed by atoms with Gasteiger partial charge < -0.3 is 14.6 Å². The Balaban J connectivity index is 1.96. The first-order valence-corrected chi connectivity index (χ1v) is 9.30. The van der Waals surface area contributed by atoms with Gasteiger partial charge in [0.1, 0.15) is 0 Å². The van der Waals surface area contributed by atoms with E-state index in [0.29, 0.717) is 47.7 Å². The van der Waals surface area contributed by atoms with E-state index in [1.165, 1.54) is 39.2 Å². The number of ether oxygens (including phenoxy) is 2. The zero-order valence-corrected chi connectivity index (χ0v) is 15.7. The van der Waals surface area contributed by atoms with Gasteiger partial charge in [-0.3, -0.25) is 0 Å². The second-order valence-electron chi connectivity index (χ2n) is 8.13. The highest BCUT2D eigenvalue weighted by Crippen LogP contribution is 2.58. The number of carbonyl (C=O) groups excluding carboxylic acids is 1. The minimum absolute atomic E-state index is 0.296. The van der Waals surface area contributed by atoms with E-state index in [1.54, 1.807) is 0 Å². The van der Waals surface area contributed by atoms with Gasteiger partial charge in [-0.2, -0.15) is 0 Å². The molecule has 1 N–H and O–H groups in total. The Morgan fingerprint density at radius 2 is 2.04 bits per heavy atom. The zero-order chi connectivity index (χ0) is 17.9. The van der Waals surface area contributed by atoms with Gasteiger partial charge >= 0.3 is 5.97 Å². The van der Waals surface area contributed by atoms with Crippen molar-refractivity contribution in [3.8, 4) is 0 Å². The first-order chi connectivity index (χ1) is 11.3. The molecule has 0 aromatic rings. The van der Waals surface area contributed by atoms with E-state index in [4.69, 9.17) is 4.74 Å². The molecule has 0 spiro atoms. The van der Waals surface area contributed by atoms with Crippen LogP contribution in [0.2, 0.25) is 0 Å². The molecular weight excluding hydrogens is 304 g/mol. The molecule has 24 heavy (non-hydrogen) atoms. The summed E-state index contributed by atoms with van der Waals surface area (Å²) in [5.74, 6) is 1.26. The van der Waals surface area contributed by atoms with Gasteiger partial charge in [-0.05, 0) is 55.3 Å². The van der Waals surface area contributed by atoms with Gasteiger partial charge in [0.25, 0.3) is 0 Å². The van der Waals surface area contributed by atoms with Gasteiger partial charge in [-0.1, -0.05) is 26.8 Å². The number of hydrogen-bond donors (Lipinski definition) is 1. The quantitative estimate of drug-likeness (QED) is 0.568. The lowest BCUT2D eigenvalue weighted by Crippen LogP contribution is -2.42. The Morgan fingerprint density at radius 1 is 1.33 bits per heavy atom. The number of hydrogen-bond acceptors (Lipinski definition) is 4. The molecule has 0 aliphatic heterocycles. The average molecular weight is 338 g/mol. The zero-order valence-electron chi connectivity index (χ0n) is 15.7. The van der Waals surface area contributed by atoms with Crippen molar-refractivity contribution in [2.45, 2.75) is 71.0 Å². The fourth-order valence-corrected chi connectivity index (χ4v) is 5.57. The van der Waals surface area contributed by atoms with Crippen LogP contribution in [-0.4, -0.2) is 37.5 Å². The standard InChI is InChI=1S/C20H34O4/c1-13(11-15(21)12-14(2)19(22)24-5)16-8-9-17-18(23-4)7-6-10-20(16,17)3/h13,15-18,21H,2,6-12H2,1,3-5H3/t13-,15?,16-,17?,18?,20-/m1/s1. The molecular formula is C20H34O4. The average Bonchev–Trinajstić information content (AvgIpc) is 2.90. The van der Waals surface area contributed by atoms with Crippen molar-refractivity contribution in [3.05, 3.63) is 12.2 Å². The van der Waals surface area contributed by atoms with Crippen LogP contribution in [0.4, 0.5) is 0 Å². The number of carbonyl (C=O) groups is 1. The Hall–Kier alpha value is -0.870. The van der Waals surface area contributed by atoms with Crippen LogP contribution in [-0.2, 0) is 14.3 Å². The predicted molar refractivity (Wildman–Crippen MR) is 94.5 cm³/mol. The van der Waals surface area contributed by atoms with Crippen molar-refractivity contribution in [2.24, 2.45) is 23.2 Å². The van der Waals surface area contributed by atoms with Crippen LogP contribution < -0.4 is 0 Å². The van der Waals surface area contributed by atoms with Crippen molar-refractivity contribution in [2.75, 3.05) is 14.2 Å². The summed E-state index contributed by atoms with van der Waals surface area (Å²) in [5, 5.41) is 10.4. The molecule has 4 heteroatoms. The Kier molecular flexibility index (Phi) is 6.49. The summed E-state index contributed by atoms with van der Waals surface area (Å²) in [6.45, 7) is 8.40. The number of esters is 1. The molecule has 0 bridgehead atoms. The van der Waals surface area contributed by atoms with Crippen LogP contribution >= 0.6 is 0 Å². The van der Waals surface area contributed by atoms with Gasteiger partial charge in [-0.15, -0.1) is 0 Å². The topological polar surface area (TPSA) is 55.8 Å². The van der Waals surface area contributed by atoms with Gasteiger partial charge in [0.15, 0.2) is 0 Å². The van der Waals surface area contributed by atoms with Gasteiger partial charge in [0, 0.05) is 19.1 Å². The number of fused-ring (bicyclic) bond motifs is 1. The first kappa shape index (κ1) is 19.5. The molecule has 3 unspecified atom stereocenters. The largest absolute Gasteiger partial charge is 0.466 e. The number of aliphatic hydroxyl groups excluding tert-OH is 1. The molecule has 0 amide bonds. The Bertz CT molecular complexity index is 461. The summed E-state index contributed by atoms with van der Waals surface area (Å²) in [6.07, 6.45) is 6.99. The van der Waals surface area contributed by atoms with Gasteiger partial charge in [0.2, 0.25) is 0 Å². The molecule has 2 rings (SSSR count). The normalized spacial score (nSPS) is 35.1. The summed E-state index contributed by atoms with van der Waals surface area (Å²) in [5.41, 5.74) is 0.669. The van der Waals surface area contributed by atoms with Crippen LogP contribution in [0.25, 0.3) is 0 Å². The lowest BCUT2D eigenvalue weighted by atomic mass is 9.61. The molecule has 6 atom stereocenters. The highest BCUT2D eigenvalue weighted by Gasteiger charge is 2.52. The van der Waals surface area contributed by atoms with Crippen LogP contribution in [0, 0.1) is 23.2 Å². The summed E-state index contributed by atoms with van der Waals surface area (Å²) < 4.78 is 10.4. The maximum Gasteiger partial charge on any atom is 0.333 e. The maximum atomic E-state index is 11.5. The highest BCUT2D eigenvalue weighted by atomic mass is 16.5. The Labute approximate surface area is 146 Å². The maximum absolute atomic E-state index is 11.5. The molecule has 4 nitrogen and oxygen atoms in total. The molecule has 138 valence electrons. The van der Waals surface area contributed by atoms with Crippen molar-refractivity contribution in [1.29, 1.82) is 0 Å². The molecule has 2 aliphatic carbocycles. The lowest BCUT2D eigenvalue weighted by Gasteiger charge is -2.46. The Morgan fingerprint density at radius 3 is 2.67 bits per heavy atom. The summed E-state index contributed by atoms with van der Waals surface area (Å²) in [7, 11) is 3.19. The van der Waals surface area contributed by atoms with Crippen LogP contribution in [0.1, 0.15) is 58.8 Å². The van der Waals surface area contributed by atoms with E-state index in [0.717, 1.165) is 0 Å². The van der Waals surface area contributed by atoms with Gasteiger partial charge in [0.05, 0.1) is 19.3 Å². The summed E-state index contributed by atoms with van der Waals surface area (Å²) >= 11 is 0. The van der Waals surface area contributed by atoms with Crippen molar-refractivity contribution in [1.82, 2.24) is 0 Å². The second kappa shape index (κ2) is 8.01. The summed E-state index contributed by atoms with van der Waals surface area (Å²) in [4.78, 5) is 11.5. The molecule has 2 saturated carbocycles. The van der Waals surface area contributed by atoms with Crippen LogP contribution in [0.15, 0.2) is 12.2 Å². The minimum atomic E-state index is -0.531. The number of aliphatic hydroxyl groups is 1. The lowest BCUT2D eigenvalue weighted by molar-refractivity contribution is -0.136. The minimum Gasteiger partial charge on any atom is -0.466 e. The molecule has 0 aromatic heterocycles. The number of rotatable bonds is 7. The molecule has 2 fully saturated rings. The third-order valence-corrected chi connectivity index (χ3v) is 6.73. The first-order valence-electron chi connectivity index (χ1n) is 9.30. The summed E-state index contributed by atoms with van der Waals surface area (Å²) in [6, 6.07) is 0. The molecule has 0 saturated heterocycles. The van der Waals surface area contributed by atoms with E-state index in [9.17, 15) is 9.90 Å². The predicted octanol–water partition coefficient (Wildman–Crippen LogP) is 3.72. The number of methoxy groups -OCH3 is 2. The van der Waals surface area contributed by atoms with Crippen LogP contribution in [0.5, 0.6) is 0 Å². The van der Waals surface area contributed by atoms with Crippen LogP contribution in [0.3, 0.4) is 0 Å². The SMILES string of the molecule is C=C(CC(O)C[C@@H](C)[C@H]1CCC2C(OC)CCC[C@@]21C)C(=O)OC. The van der Waals surface area contributed by atoms with Crippen molar-refractivity contribution < 1.29 is 19.4 Å². The molecule has 2 aliphatic rings. The van der Waals surface area contributed by atoms with E-state index >= 15 is 0 Å². The van der Waals surface area contributed by atoms with E-state index in [2.05, 4.69) is 25.2 Å². The second-order valence-corrected chi connectivity index (χ2v) is 8.13. The van der Waals surface area contributed by atoms with E-state index in [-0.39, 0.29) is 0 Å². The van der Waals surface area contributed by atoms with Crippen molar-refractivity contribution in [3.63, 3.8) is 0 Å². The fraction of sp³-hybridized carbons (Fsp3) is 0.850. The van der Waals surface area contributed by atoms with E-state index < -0.39 is 12.1 Å².